The molecule has 3 aliphatic rings. The quantitative estimate of drug-likeness (QED) is 0.776. The van der Waals surface area contributed by atoms with Crippen molar-refractivity contribution in [2.24, 2.45) is 0 Å². The Morgan fingerprint density at radius 1 is 1.21 bits per heavy atom. The minimum Gasteiger partial charge on any atom is -0.480 e. The minimum absolute atomic E-state index is 0.0729. The number of amides is 1. The number of fused-ring (bicyclic) bond motifs is 3. The summed E-state index contributed by atoms with van der Waals surface area (Å²) in [6.07, 6.45) is 4.49. The highest BCUT2D eigenvalue weighted by Crippen LogP contribution is 2.41. The second-order valence-electron chi connectivity index (χ2n) is 8.27. The number of carbonyl (C=O) groups excluding carboxylic acids is 1. The van der Waals surface area contributed by atoms with Crippen molar-refractivity contribution in [1.82, 2.24) is 14.9 Å². The molecule has 0 radical (unpaired) electrons. The number of likely N-dealkylation sites (tertiary alicyclic amines) is 1. The number of carbonyl (C=O) groups is 1. The van der Waals surface area contributed by atoms with Crippen LogP contribution in [0, 0.1) is 0 Å². The highest BCUT2D eigenvalue weighted by atomic mass is 16.5. The van der Waals surface area contributed by atoms with Crippen LogP contribution in [-0.2, 0) is 28.0 Å². The van der Waals surface area contributed by atoms with Crippen LogP contribution in [0.1, 0.15) is 29.7 Å². The van der Waals surface area contributed by atoms with Gasteiger partial charge in [0.05, 0.1) is 12.3 Å². The van der Waals surface area contributed by atoms with Crippen molar-refractivity contribution in [2.45, 2.75) is 37.4 Å². The molecule has 1 amide bonds. The van der Waals surface area contributed by atoms with Gasteiger partial charge >= 0.3 is 0 Å². The molecule has 3 aliphatic heterocycles. The summed E-state index contributed by atoms with van der Waals surface area (Å²) in [4.78, 5) is 26.2. The minimum atomic E-state index is -0.419. The van der Waals surface area contributed by atoms with Crippen LogP contribution in [0.4, 0.5) is 5.95 Å². The highest BCUT2D eigenvalue weighted by molar-refractivity contribution is 5.82. The molecule has 1 aromatic heterocycles. The highest BCUT2D eigenvalue weighted by Gasteiger charge is 2.44. The molecule has 2 aromatic rings. The second-order valence-corrected chi connectivity index (χ2v) is 8.27. The zero-order chi connectivity index (χ0) is 20.0. The predicted molar refractivity (Wildman–Crippen MR) is 108 cm³/mol. The van der Waals surface area contributed by atoms with Crippen molar-refractivity contribution in [3.8, 4) is 5.75 Å². The third-order valence-electron chi connectivity index (χ3n) is 6.24. The van der Waals surface area contributed by atoms with E-state index in [9.17, 15) is 4.79 Å². The maximum atomic E-state index is 13.1. The summed E-state index contributed by atoms with van der Waals surface area (Å²) in [5, 5.41) is 0. The molecule has 1 aromatic carbocycles. The van der Waals surface area contributed by atoms with E-state index in [0.717, 1.165) is 41.8 Å². The standard InChI is InChI=1S/C22H26N4O3/c1-25(2)21-23-14-16-7-12-28-22(19(16)24-21)8-10-26(11-9-22)20(27)18-13-15-5-3-4-6-17(15)29-18/h3-6,14,18H,7-13H2,1-2H3. The Bertz CT molecular complexity index is 912. The summed E-state index contributed by atoms with van der Waals surface area (Å²) < 4.78 is 12.2. The van der Waals surface area contributed by atoms with Crippen molar-refractivity contribution in [1.29, 1.82) is 0 Å². The second kappa shape index (κ2) is 6.99. The number of ether oxygens (including phenoxy) is 2. The summed E-state index contributed by atoms with van der Waals surface area (Å²) in [6.45, 7) is 1.97. The number of hydrogen-bond acceptors (Lipinski definition) is 6. The molecule has 0 aliphatic carbocycles. The summed E-state index contributed by atoms with van der Waals surface area (Å²) in [7, 11) is 3.89. The summed E-state index contributed by atoms with van der Waals surface area (Å²) in [5.74, 6) is 1.60. The topological polar surface area (TPSA) is 67.8 Å². The van der Waals surface area contributed by atoms with Crippen molar-refractivity contribution >= 4 is 11.9 Å². The lowest BCUT2D eigenvalue weighted by Crippen LogP contribution is -2.51. The molecule has 1 saturated heterocycles. The summed E-state index contributed by atoms with van der Waals surface area (Å²) >= 11 is 0. The summed E-state index contributed by atoms with van der Waals surface area (Å²) in [5.41, 5.74) is 2.85. The molecule has 152 valence electrons. The molecular weight excluding hydrogens is 368 g/mol. The molecule has 5 rings (SSSR count). The zero-order valence-electron chi connectivity index (χ0n) is 16.9. The van der Waals surface area contributed by atoms with Crippen LogP contribution >= 0.6 is 0 Å². The Morgan fingerprint density at radius 3 is 2.76 bits per heavy atom. The lowest BCUT2D eigenvalue weighted by atomic mass is 9.83. The van der Waals surface area contributed by atoms with Crippen LogP contribution in [-0.4, -0.2) is 60.7 Å². The largest absolute Gasteiger partial charge is 0.480 e. The third kappa shape index (κ3) is 3.13. The first kappa shape index (κ1) is 18.4. The first-order valence-electron chi connectivity index (χ1n) is 10.3. The third-order valence-corrected chi connectivity index (χ3v) is 6.24. The zero-order valence-corrected chi connectivity index (χ0v) is 16.9. The Morgan fingerprint density at radius 2 is 2.00 bits per heavy atom. The van der Waals surface area contributed by atoms with Crippen LogP contribution in [0.2, 0.25) is 0 Å². The SMILES string of the molecule is CN(C)c1ncc2c(n1)C1(CCN(C(=O)C3Cc4ccccc4O3)CC1)OCC2. The molecule has 7 nitrogen and oxygen atoms in total. The Hall–Kier alpha value is -2.67. The summed E-state index contributed by atoms with van der Waals surface area (Å²) in [6, 6.07) is 7.89. The van der Waals surface area contributed by atoms with Crippen LogP contribution in [0.25, 0.3) is 0 Å². The van der Waals surface area contributed by atoms with Gasteiger partial charge < -0.3 is 19.3 Å². The predicted octanol–water partition coefficient (Wildman–Crippen LogP) is 1.94. The number of nitrogens with zero attached hydrogens (tertiary/aromatic N) is 4. The van der Waals surface area contributed by atoms with Crippen molar-refractivity contribution in [3.05, 3.63) is 47.3 Å². The molecule has 1 unspecified atom stereocenters. The fourth-order valence-electron chi connectivity index (χ4n) is 4.61. The van der Waals surface area contributed by atoms with Gasteiger partial charge in [0.2, 0.25) is 5.95 Å². The molecule has 0 N–H and O–H groups in total. The number of anilines is 1. The number of aromatic nitrogens is 2. The van der Waals surface area contributed by atoms with Crippen molar-refractivity contribution in [3.63, 3.8) is 0 Å². The van der Waals surface area contributed by atoms with E-state index in [2.05, 4.69) is 4.98 Å². The van der Waals surface area contributed by atoms with Gasteiger partial charge in [-0.05, 0) is 36.5 Å². The van der Waals surface area contributed by atoms with E-state index in [-0.39, 0.29) is 5.91 Å². The van der Waals surface area contributed by atoms with Gasteiger partial charge in [0.1, 0.15) is 11.4 Å². The molecule has 0 bridgehead atoms. The Kier molecular flexibility index (Phi) is 4.42. The van der Waals surface area contributed by atoms with Gasteiger partial charge in [0.15, 0.2) is 6.10 Å². The fraction of sp³-hybridized carbons (Fsp3) is 0.500. The van der Waals surface area contributed by atoms with Crippen molar-refractivity contribution < 1.29 is 14.3 Å². The number of rotatable bonds is 2. The average Bonchev–Trinajstić information content (AvgIpc) is 3.18. The molecule has 1 spiro atoms. The van der Waals surface area contributed by atoms with E-state index >= 15 is 0 Å². The van der Waals surface area contributed by atoms with Crippen LogP contribution < -0.4 is 9.64 Å². The molecule has 4 heterocycles. The van der Waals surface area contributed by atoms with E-state index in [4.69, 9.17) is 14.5 Å². The molecule has 29 heavy (non-hydrogen) atoms. The van der Waals surface area contributed by atoms with Crippen molar-refractivity contribution in [2.75, 3.05) is 38.7 Å². The Labute approximate surface area is 170 Å². The first-order valence-corrected chi connectivity index (χ1v) is 10.3. The van der Waals surface area contributed by atoms with Crippen LogP contribution in [0.3, 0.4) is 0 Å². The normalized spacial score (nSPS) is 22.0. The first-order chi connectivity index (χ1) is 14.1. The van der Waals surface area contributed by atoms with E-state index in [1.165, 1.54) is 0 Å². The number of hydrogen-bond donors (Lipinski definition) is 0. The van der Waals surface area contributed by atoms with Gasteiger partial charge in [0.25, 0.3) is 5.91 Å². The molecule has 0 saturated carbocycles. The fourth-order valence-corrected chi connectivity index (χ4v) is 4.61. The van der Waals surface area contributed by atoms with Gasteiger partial charge in [-0.1, -0.05) is 18.2 Å². The monoisotopic (exact) mass is 394 g/mol. The molecular formula is C22H26N4O3. The Balaban J connectivity index is 1.31. The smallest absolute Gasteiger partial charge is 0.263 e. The number of benzene rings is 1. The maximum absolute atomic E-state index is 13.1. The molecule has 7 heteroatoms. The number of piperidine rings is 1. The van der Waals surface area contributed by atoms with Crippen LogP contribution in [0.15, 0.2) is 30.5 Å². The molecule has 1 fully saturated rings. The van der Waals surface area contributed by atoms with Gasteiger partial charge in [-0.3, -0.25) is 4.79 Å². The van der Waals surface area contributed by atoms with Gasteiger partial charge in [-0.15, -0.1) is 0 Å². The van der Waals surface area contributed by atoms with E-state index < -0.39 is 11.7 Å². The van der Waals surface area contributed by atoms with Gasteiger partial charge in [0, 0.05) is 39.8 Å². The van der Waals surface area contributed by atoms with Gasteiger partial charge in [-0.2, -0.15) is 0 Å². The number of para-hydroxylation sites is 1. The maximum Gasteiger partial charge on any atom is 0.263 e. The lowest BCUT2D eigenvalue weighted by Gasteiger charge is -2.44. The van der Waals surface area contributed by atoms with E-state index in [0.29, 0.717) is 32.1 Å². The van der Waals surface area contributed by atoms with E-state index in [1.807, 2.05) is 54.4 Å². The lowest BCUT2D eigenvalue weighted by molar-refractivity contribution is -0.147. The van der Waals surface area contributed by atoms with Gasteiger partial charge in [-0.25, -0.2) is 9.97 Å². The van der Waals surface area contributed by atoms with Crippen LogP contribution in [0.5, 0.6) is 5.75 Å². The average molecular weight is 394 g/mol. The van der Waals surface area contributed by atoms with E-state index in [1.54, 1.807) is 0 Å². The molecule has 1 atom stereocenters.